The molecule has 0 aromatic heterocycles. The zero-order chi connectivity index (χ0) is 14.1. The zero-order valence-corrected chi connectivity index (χ0v) is 10.9. The Hall–Kier alpha value is -2.04. The van der Waals surface area contributed by atoms with Crippen molar-refractivity contribution in [1.82, 2.24) is 4.90 Å². The van der Waals surface area contributed by atoms with Gasteiger partial charge in [-0.2, -0.15) is 0 Å². The smallest absolute Gasteiger partial charge is 0.329 e. The summed E-state index contributed by atoms with van der Waals surface area (Å²) >= 11 is 0. The Bertz CT molecular complexity index is 494. The van der Waals surface area contributed by atoms with Crippen LogP contribution in [-0.4, -0.2) is 39.6 Å². The molecule has 2 N–H and O–H groups in total. The van der Waals surface area contributed by atoms with Gasteiger partial charge in [0.05, 0.1) is 0 Å². The quantitative estimate of drug-likeness (QED) is 0.856. The van der Waals surface area contributed by atoms with Crippen LogP contribution in [0.25, 0.3) is 0 Å². The van der Waals surface area contributed by atoms with Crippen LogP contribution >= 0.6 is 0 Å². The number of benzene rings is 1. The van der Waals surface area contributed by atoms with Gasteiger partial charge >= 0.3 is 5.97 Å². The summed E-state index contributed by atoms with van der Waals surface area (Å²) in [5.41, 5.74) is -0.368. The van der Waals surface area contributed by atoms with Crippen molar-refractivity contribution in [2.75, 3.05) is 7.05 Å². The Morgan fingerprint density at radius 2 is 1.83 bits per heavy atom. The molecule has 0 unspecified atom stereocenters. The van der Waals surface area contributed by atoms with Gasteiger partial charge < -0.3 is 15.1 Å². The van der Waals surface area contributed by atoms with E-state index in [-0.39, 0.29) is 5.75 Å². The predicted octanol–water partition coefficient (Wildman–Crippen LogP) is 1.64. The van der Waals surface area contributed by atoms with E-state index in [0.29, 0.717) is 11.1 Å². The molecule has 0 aliphatic rings. The van der Waals surface area contributed by atoms with Gasteiger partial charge in [-0.25, -0.2) is 4.79 Å². The van der Waals surface area contributed by atoms with Gasteiger partial charge in [-0.15, -0.1) is 0 Å². The van der Waals surface area contributed by atoms with Crippen molar-refractivity contribution in [3.05, 3.63) is 29.3 Å². The highest BCUT2D eigenvalue weighted by Gasteiger charge is 2.35. The maximum atomic E-state index is 12.1. The van der Waals surface area contributed by atoms with Gasteiger partial charge in [0.15, 0.2) is 0 Å². The average Bonchev–Trinajstić information content (AvgIpc) is 2.30. The third kappa shape index (κ3) is 2.45. The lowest BCUT2D eigenvalue weighted by Crippen LogP contribution is -2.50. The Kier molecular flexibility index (Phi) is 3.65. The van der Waals surface area contributed by atoms with Crippen LogP contribution in [0.3, 0.4) is 0 Å². The number of aliphatic carboxylic acids is 1. The summed E-state index contributed by atoms with van der Waals surface area (Å²) in [6.45, 7) is 4.59. The highest BCUT2D eigenvalue weighted by molar-refractivity contribution is 5.97. The largest absolute Gasteiger partial charge is 0.508 e. The molecule has 18 heavy (non-hydrogen) atoms. The first kappa shape index (κ1) is 14.0. The Labute approximate surface area is 106 Å². The summed E-state index contributed by atoms with van der Waals surface area (Å²) in [7, 11) is 1.44. The summed E-state index contributed by atoms with van der Waals surface area (Å²) in [6, 6.07) is 4.43. The number of amides is 1. The molecule has 5 nitrogen and oxygen atoms in total. The van der Waals surface area contributed by atoms with Crippen molar-refractivity contribution >= 4 is 11.9 Å². The van der Waals surface area contributed by atoms with E-state index in [0.717, 1.165) is 0 Å². The zero-order valence-electron chi connectivity index (χ0n) is 10.9. The van der Waals surface area contributed by atoms with Gasteiger partial charge in [0.2, 0.25) is 0 Å². The van der Waals surface area contributed by atoms with Crippen LogP contribution in [0, 0.1) is 6.92 Å². The molecule has 1 rings (SSSR count). The van der Waals surface area contributed by atoms with Crippen molar-refractivity contribution in [3.8, 4) is 5.75 Å². The molecule has 0 spiro atoms. The molecule has 0 bridgehead atoms. The van der Waals surface area contributed by atoms with Gasteiger partial charge in [-0.05, 0) is 44.5 Å². The van der Waals surface area contributed by atoms with Gasteiger partial charge in [0.25, 0.3) is 5.91 Å². The minimum Gasteiger partial charge on any atom is -0.508 e. The molecule has 0 atom stereocenters. The van der Waals surface area contributed by atoms with Crippen LogP contribution < -0.4 is 0 Å². The van der Waals surface area contributed by atoms with Crippen LogP contribution in [0.2, 0.25) is 0 Å². The van der Waals surface area contributed by atoms with Crippen molar-refractivity contribution in [2.24, 2.45) is 0 Å². The van der Waals surface area contributed by atoms with E-state index < -0.39 is 17.4 Å². The fraction of sp³-hybridized carbons (Fsp3) is 0.385. The first-order chi connectivity index (χ1) is 8.17. The minimum absolute atomic E-state index is 0.103. The van der Waals surface area contributed by atoms with E-state index in [1.165, 1.54) is 44.0 Å². The SMILES string of the molecule is Cc1cc(C(=O)N(C)C(C)(C)C(=O)O)ccc1O. The summed E-state index contributed by atoms with van der Waals surface area (Å²) < 4.78 is 0. The summed E-state index contributed by atoms with van der Waals surface area (Å²) in [4.78, 5) is 24.4. The van der Waals surface area contributed by atoms with Crippen molar-refractivity contribution in [2.45, 2.75) is 26.3 Å². The lowest BCUT2D eigenvalue weighted by molar-refractivity contribution is -0.147. The maximum Gasteiger partial charge on any atom is 0.329 e. The van der Waals surface area contributed by atoms with Gasteiger partial charge in [0, 0.05) is 12.6 Å². The first-order valence-electron chi connectivity index (χ1n) is 5.49. The van der Waals surface area contributed by atoms with Crippen LogP contribution in [0.1, 0.15) is 29.8 Å². The van der Waals surface area contributed by atoms with E-state index in [9.17, 15) is 14.7 Å². The molecule has 0 fully saturated rings. The Morgan fingerprint density at radius 1 is 1.28 bits per heavy atom. The van der Waals surface area contributed by atoms with E-state index in [1.807, 2.05) is 0 Å². The van der Waals surface area contributed by atoms with Crippen LogP contribution in [0.15, 0.2) is 18.2 Å². The number of hydrogen-bond donors (Lipinski definition) is 2. The lowest BCUT2D eigenvalue weighted by Gasteiger charge is -2.31. The second-order valence-electron chi connectivity index (χ2n) is 4.73. The number of carbonyl (C=O) groups excluding carboxylic acids is 1. The molecule has 1 aromatic rings. The number of carbonyl (C=O) groups is 2. The number of likely N-dealkylation sites (N-methyl/N-ethyl adjacent to an activating group) is 1. The second kappa shape index (κ2) is 4.68. The Balaban J connectivity index is 3.07. The first-order valence-corrected chi connectivity index (χ1v) is 5.49. The molecule has 1 aromatic carbocycles. The molecule has 0 saturated heterocycles. The van der Waals surface area contributed by atoms with E-state index in [2.05, 4.69) is 0 Å². The average molecular weight is 251 g/mol. The molecule has 0 heterocycles. The summed E-state index contributed by atoms with van der Waals surface area (Å²) in [5.74, 6) is -1.37. The van der Waals surface area contributed by atoms with E-state index in [1.54, 1.807) is 6.92 Å². The number of rotatable bonds is 3. The fourth-order valence-corrected chi connectivity index (χ4v) is 1.38. The number of aromatic hydroxyl groups is 1. The van der Waals surface area contributed by atoms with E-state index >= 15 is 0 Å². The molecule has 98 valence electrons. The predicted molar refractivity (Wildman–Crippen MR) is 66.7 cm³/mol. The van der Waals surface area contributed by atoms with Crippen molar-refractivity contribution in [3.63, 3.8) is 0 Å². The highest BCUT2D eigenvalue weighted by atomic mass is 16.4. The van der Waals surface area contributed by atoms with Crippen molar-refractivity contribution < 1.29 is 19.8 Å². The summed E-state index contributed by atoms with van der Waals surface area (Å²) in [5, 5.41) is 18.5. The third-order valence-corrected chi connectivity index (χ3v) is 3.11. The molecular formula is C13H17NO4. The van der Waals surface area contributed by atoms with E-state index in [4.69, 9.17) is 5.11 Å². The second-order valence-corrected chi connectivity index (χ2v) is 4.73. The van der Waals surface area contributed by atoms with Gasteiger partial charge in [0.1, 0.15) is 11.3 Å². The molecule has 0 aliphatic heterocycles. The monoisotopic (exact) mass is 251 g/mol. The van der Waals surface area contributed by atoms with Crippen LogP contribution in [0.4, 0.5) is 0 Å². The summed E-state index contributed by atoms with van der Waals surface area (Å²) in [6.07, 6.45) is 0. The van der Waals surface area contributed by atoms with Crippen LogP contribution in [-0.2, 0) is 4.79 Å². The Morgan fingerprint density at radius 3 is 2.28 bits per heavy atom. The molecule has 0 aliphatic carbocycles. The molecule has 0 saturated carbocycles. The number of carboxylic acid groups (broad SMARTS) is 1. The molecule has 0 radical (unpaired) electrons. The van der Waals surface area contributed by atoms with Crippen molar-refractivity contribution in [1.29, 1.82) is 0 Å². The number of aryl methyl sites for hydroxylation is 1. The standard InChI is InChI=1S/C13H17NO4/c1-8-7-9(5-6-10(8)15)11(16)14(4)13(2,3)12(17)18/h5-7,15H,1-4H3,(H,17,18). The normalized spacial score (nSPS) is 11.1. The highest BCUT2D eigenvalue weighted by Crippen LogP contribution is 2.21. The molecular weight excluding hydrogens is 234 g/mol. The number of phenols is 1. The number of nitrogens with zero attached hydrogens (tertiary/aromatic N) is 1. The number of carboxylic acids is 1. The van der Waals surface area contributed by atoms with Gasteiger partial charge in [-0.1, -0.05) is 0 Å². The topological polar surface area (TPSA) is 77.8 Å². The molecule has 1 amide bonds. The van der Waals surface area contributed by atoms with Gasteiger partial charge in [-0.3, -0.25) is 4.79 Å². The number of hydrogen-bond acceptors (Lipinski definition) is 3. The fourth-order valence-electron chi connectivity index (χ4n) is 1.38. The van der Waals surface area contributed by atoms with Crippen LogP contribution in [0.5, 0.6) is 5.75 Å². The maximum absolute atomic E-state index is 12.1. The minimum atomic E-state index is -1.29. The lowest BCUT2D eigenvalue weighted by atomic mass is 10.0. The third-order valence-electron chi connectivity index (χ3n) is 3.11. The molecule has 5 heteroatoms. The number of phenolic OH excluding ortho intramolecular Hbond substituents is 1.